The highest BCUT2D eigenvalue weighted by Crippen LogP contribution is 2.31. The number of ether oxygens (including phenoxy) is 1. The van der Waals surface area contributed by atoms with Gasteiger partial charge in [-0.2, -0.15) is 0 Å². The Morgan fingerprint density at radius 3 is 2.67 bits per heavy atom. The minimum Gasteiger partial charge on any atom is -0.461 e. The van der Waals surface area contributed by atoms with Gasteiger partial charge < -0.3 is 10.1 Å². The molecule has 1 heterocycles. The molecule has 21 heavy (non-hydrogen) atoms. The predicted molar refractivity (Wildman–Crippen MR) is 82.8 cm³/mol. The Balaban J connectivity index is 1.57. The average Bonchev–Trinajstić information content (AvgIpc) is 2.50. The van der Waals surface area contributed by atoms with E-state index in [0.29, 0.717) is 5.92 Å². The van der Waals surface area contributed by atoms with E-state index in [1.165, 1.54) is 17.5 Å². The third-order valence-electron chi connectivity index (χ3n) is 5.20. The summed E-state index contributed by atoms with van der Waals surface area (Å²) in [6, 6.07) is 8.13. The van der Waals surface area contributed by atoms with Gasteiger partial charge in [-0.05, 0) is 48.6 Å². The van der Waals surface area contributed by atoms with Gasteiger partial charge in [-0.15, -0.1) is 0 Å². The van der Waals surface area contributed by atoms with Crippen molar-refractivity contribution in [2.75, 3.05) is 0 Å². The van der Waals surface area contributed by atoms with Crippen molar-refractivity contribution in [1.82, 2.24) is 5.32 Å². The number of rotatable bonds is 2. The van der Waals surface area contributed by atoms with E-state index in [9.17, 15) is 4.79 Å². The molecule has 3 unspecified atom stereocenters. The highest BCUT2D eigenvalue weighted by atomic mass is 16.5. The molecule has 1 aromatic rings. The monoisotopic (exact) mass is 287 g/mol. The standard InChI is InChI=1S/C18H25NO2/c1-12-7-8-16(9-13(12)2)21-18(20)17-10-14-5-3-4-6-15(14)11-19-17/h3-6,12-13,16-17,19H,7-11H2,1-2H3/t12?,13?,16?,17-/m1/s1. The molecule has 2 aliphatic rings. The number of carbonyl (C=O) groups is 1. The van der Waals surface area contributed by atoms with Gasteiger partial charge in [0.25, 0.3) is 0 Å². The lowest BCUT2D eigenvalue weighted by Crippen LogP contribution is -2.44. The molecule has 1 N–H and O–H groups in total. The Morgan fingerprint density at radius 2 is 1.90 bits per heavy atom. The van der Waals surface area contributed by atoms with Crippen LogP contribution in [0.3, 0.4) is 0 Å². The van der Waals surface area contributed by atoms with Crippen LogP contribution in [0.5, 0.6) is 0 Å². The molecule has 3 nitrogen and oxygen atoms in total. The third kappa shape index (κ3) is 3.29. The molecular formula is C18H25NO2. The van der Waals surface area contributed by atoms with Crippen LogP contribution in [-0.4, -0.2) is 18.1 Å². The van der Waals surface area contributed by atoms with Gasteiger partial charge in [-0.1, -0.05) is 38.1 Å². The molecule has 1 aliphatic carbocycles. The summed E-state index contributed by atoms with van der Waals surface area (Å²) in [7, 11) is 0. The van der Waals surface area contributed by atoms with Crippen LogP contribution in [0.4, 0.5) is 0 Å². The molecule has 0 radical (unpaired) electrons. The molecule has 4 atom stereocenters. The number of fused-ring (bicyclic) bond motifs is 1. The van der Waals surface area contributed by atoms with Crippen LogP contribution >= 0.6 is 0 Å². The fourth-order valence-electron chi connectivity index (χ4n) is 3.47. The van der Waals surface area contributed by atoms with E-state index < -0.39 is 0 Å². The summed E-state index contributed by atoms with van der Waals surface area (Å²) in [5.41, 5.74) is 2.56. The molecule has 0 aromatic heterocycles. The second-order valence-corrected chi connectivity index (χ2v) is 6.73. The first-order chi connectivity index (χ1) is 10.1. The number of esters is 1. The fraction of sp³-hybridized carbons (Fsp3) is 0.611. The van der Waals surface area contributed by atoms with Crippen LogP contribution in [0, 0.1) is 11.8 Å². The lowest BCUT2D eigenvalue weighted by atomic mass is 9.80. The van der Waals surface area contributed by atoms with Gasteiger partial charge in [-0.25, -0.2) is 0 Å². The van der Waals surface area contributed by atoms with E-state index in [-0.39, 0.29) is 18.1 Å². The van der Waals surface area contributed by atoms with Crippen LogP contribution < -0.4 is 5.32 Å². The van der Waals surface area contributed by atoms with Gasteiger partial charge in [0, 0.05) is 6.54 Å². The molecule has 1 aromatic carbocycles. The molecule has 0 bridgehead atoms. The molecule has 3 heteroatoms. The van der Waals surface area contributed by atoms with Crippen molar-refractivity contribution in [3.05, 3.63) is 35.4 Å². The second-order valence-electron chi connectivity index (χ2n) is 6.73. The lowest BCUT2D eigenvalue weighted by molar-refractivity contribution is -0.154. The van der Waals surface area contributed by atoms with E-state index in [0.717, 1.165) is 31.7 Å². The number of benzene rings is 1. The number of carbonyl (C=O) groups excluding carboxylic acids is 1. The summed E-state index contributed by atoms with van der Waals surface area (Å²) >= 11 is 0. The summed E-state index contributed by atoms with van der Waals surface area (Å²) in [5.74, 6) is 1.33. The van der Waals surface area contributed by atoms with Crippen LogP contribution in [0.15, 0.2) is 24.3 Å². The van der Waals surface area contributed by atoms with Crippen molar-refractivity contribution in [2.45, 2.75) is 58.2 Å². The maximum absolute atomic E-state index is 12.4. The smallest absolute Gasteiger partial charge is 0.323 e. The molecule has 0 spiro atoms. The number of hydrogen-bond donors (Lipinski definition) is 1. The molecule has 1 fully saturated rings. The highest BCUT2D eigenvalue weighted by molar-refractivity contribution is 5.77. The summed E-state index contributed by atoms with van der Waals surface area (Å²) in [6.45, 7) is 5.32. The lowest BCUT2D eigenvalue weighted by Gasteiger charge is -2.33. The Morgan fingerprint density at radius 1 is 1.14 bits per heavy atom. The summed E-state index contributed by atoms with van der Waals surface area (Å²) in [6.07, 6.45) is 4.05. The molecule has 3 rings (SSSR count). The first-order valence-electron chi connectivity index (χ1n) is 8.14. The average molecular weight is 287 g/mol. The first kappa shape index (κ1) is 14.6. The van der Waals surface area contributed by atoms with Crippen molar-refractivity contribution >= 4 is 5.97 Å². The largest absolute Gasteiger partial charge is 0.461 e. The van der Waals surface area contributed by atoms with E-state index in [2.05, 4.69) is 31.3 Å². The molecule has 1 aliphatic heterocycles. The number of hydrogen-bond acceptors (Lipinski definition) is 3. The highest BCUT2D eigenvalue weighted by Gasteiger charge is 2.31. The summed E-state index contributed by atoms with van der Waals surface area (Å²) in [5, 5.41) is 3.31. The van der Waals surface area contributed by atoms with Crippen molar-refractivity contribution in [3.8, 4) is 0 Å². The Hall–Kier alpha value is -1.35. The predicted octanol–water partition coefficient (Wildman–Crippen LogP) is 3.07. The fourth-order valence-corrected chi connectivity index (χ4v) is 3.47. The van der Waals surface area contributed by atoms with E-state index >= 15 is 0 Å². The van der Waals surface area contributed by atoms with Crippen LogP contribution in [0.25, 0.3) is 0 Å². The Kier molecular flexibility index (Phi) is 4.29. The summed E-state index contributed by atoms with van der Waals surface area (Å²) < 4.78 is 5.76. The van der Waals surface area contributed by atoms with Gasteiger partial charge in [0.15, 0.2) is 0 Å². The molecule has 0 amide bonds. The first-order valence-corrected chi connectivity index (χ1v) is 8.14. The van der Waals surface area contributed by atoms with Crippen LogP contribution in [0.2, 0.25) is 0 Å². The van der Waals surface area contributed by atoms with Crippen molar-refractivity contribution in [2.24, 2.45) is 11.8 Å². The van der Waals surface area contributed by atoms with Crippen molar-refractivity contribution < 1.29 is 9.53 Å². The minimum absolute atomic E-state index is 0.0729. The van der Waals surface area contributed by atoms with Gasteiger partial charge in [0.2, 0.25) is 0 Å². The second kappa shape index (κ2) is 6.18. The molecule has 114 valence electrons. The number of nitrogens with one attached hydrogen (secondary N) is 1. The zero-order valence-corrected chi connectivity index (χ0v) is 13.0. The SMILES string of the molecule is CC1CCC(OC(=O)[C@H]2Cc3ccccc3CN2)CC1C. The van der Waals surface area contributed by atoms with Gasteiger partial charge in [-0.3, -0.25) is 4.79 Å². The minimum atomic E-state index is -0.186. The van der Waals surface area contributed by atoms with Crippen LogP contribution in [-0.2, 0) is 22.5 Å². The Bertz CT molecular complexity index is 514. The van der Waals surface area contributed by atoms with E-state index in [4.69, 9.17) is 4.74 Å². The van der Waals surface area contributed by atoms with Gasteiger partial charge in [0.05, 0.1) is 0 Å². The zero-order chi connectivity index (χ0) is 14.8. The van der Waals surface area contributed by atoms with Gasteiger partial charge >= 0.3 is 5.97 Å². The third-order valence-corrected chi connectivity index (χ3v) is 5.20. The van der Waals surface area contributed by atoms with Gasteiger partial charge in [0.1, 0.15) is 12.1 Å². The molecular weight excluding hydrogens is 262 g/mol. The normalized spacial score (nSPS) is 32.3. The maximum atomic E-state index is 12.4. The quantitative estimate of drug-likeness (QED) is 0.850. The maximum Gasteiger partial charge on any atom is 0.323 e. The molecule has 0 saturated heterocycles. The summed E-state index contributed by atoms with van der Waals surface area (Å²) in [4.78, 5) is 12.4. The molecule has 1 saturated carbocycles. The van der Waals surface area contributed by atoms with E-state index in [1.807, 2.05) is 12.1 Å². The van der Waals surface area contributed by atoms with Crippen molar-refractivity contribution in [1.29, 1.82) is 0 Å². The topological polar surface area (TPSA) is 38.3 Å². The van der Waals surface area contributed by atoms with Crippen molar-refractivity contribution in [3.63, 3.8) is 0 Å². The Labute approximate surface area is 127 Å². The van der Waals surface area contributed by atoms with Crippen LogP contribution in [0.1, 0.15) is 44.2 Å². The van der Waals surface area contributed by atoms with E-state index in [1.54, 1.807) is 0 Å². The zero-order valence-electron chi connectivity index (χ0n) is 13.0.